The van der Waals surface area contributed by atoms with Crippen LogP contribution in [0.15, 0.2) is 18.3 Å². The number of nitrogens with zero attached hydrogens (tertiary/aromatic N) is 4. The van der Waals surface area contributed by atoms with E-state index in [0.29, 0.717) is 13.1 Å². The van der Waals surface area contributed by atoms with Crippen LogP contribution in [-0.4, -0.2) is 54.2 Å². The molecule has 3 heterocycles. The molecule has 0 spiro atoms. The van der Waals surface area contributed by atoms with Gasteiger partial charge in [0.2, 0.25) is 0 Å². The predicted octanol–water partition coefficient (Wildman–Crippen LogP) is 2.88. The molecule has 0 bridgehead atoms. The maximum atomic E-state index is 12.5. The van der Waals surface area contributed by atoms with Crippen LogP contribution in [0.1, 0.15) is 35.0 Å². The highest BCUT2D eigenvalue weighted by atomic mass is 32.2. The summed E-state index contributed by atoms with van der Waals surface area (Å²) in [4.78, 5) is 10.2. The Bertz CT molecular complexity index is 879. The summed E-state index contributed by atoms with van der Waals surface area (Å²) in [6.45, 7) is 5.01. The number of nitrogens with one attached hydrogen (secondary N) is 1. The number of thiazole rings is 1. The highest BCUT2D eigenvalue weighted by molar-refractivity contribution is 7.86. The van der Waals surface area contributed by atoms with Crippen molar-refractivity contribution in [3.8, 4) is 0 Å². The molecule has 0 aromatic carbocycles. The molecule has 0 unspecified atom stereocenters. The van der Waals surface area contributed by atoms with Crippen LogP contribution in [0.3, 0.4) is 0 Å². The summed E-state index contributed by atoms with van der Waals surface area (Å²) in [6.07, 6.45) is 3.61. The Kier molecular flexibility index (Phi) is 5.61. The van der Waals surface area contributed by atoms with Crippen LogP contribution in [0.25, 0.3) is 0 Å². The molecule has 1 aliphatic heterocycles. The SMILES string of the molecule is Cc1cc(Nc2ncc(C)s2)cc([C@H]2CCCN(S(=O)(=O)N(C)C)C2)n1. The first-order valence-electron chi connectivity index (χ1n) is 8.61. The van der Waals surface area contributed by atoms with Gasteiger partial charge in [-0.3, -0.25) is 4.98 Å². The molecule has 2 aromatic heterocycles. The molecule has 142 valence electrons. The van der Waals surface area contributed by atoms with Crippen LogP contribution in [0.5, 0.6) is 0 Å². The van der Waals surface area contributed by atoms with E-state index < -0.39 is 10.2 Å². The lowest BCUT2D eigenvalue weighted by atomic mass is 9.95. The Morgan fingerprint density at radius 2 is 2.08 bits per heavy atom. The zero-order chi connectivity index (χ0) is 18.9. The molecule has 3 rings (SSSR count). The fourth-order valence-electron chi connectivity index (χ4n) is 3.14. The van der Waals surface area contributed by atoms with E-state index in [1.807, 2.05) is 32.2 Å². The predicted molar refractivity (Wildman–Crippen MR) is 105 cm³/mol. The Morgan fingerprint density at radius 1 is 1.31 bits per heavy atom. The maximum Gasteiger partial charge on any atom is 0.281 e. The van der Waals surface area contributed by atoms with Gasteiger partial charge in [-0.15, -0.1) is 11.3 Å². The smallest absolute Gasteiger partial charge is 0.281 e. The van der Waals surface area contributed by atoms with Crippen LogP contribution in [-0.2, 0) is 10.2 Å². The molecule has 0 radical (unpaired) electrons. The third-order valence-electron chi connectivity index (χ3n) is 4.44. The zero-order valence-corrected chi connectivity index (χ0v) is 17.2. The summed E-state index contributed by atoms with van der Waals surface area (Å²) in [5.74, 6) is 0.0944. The Hall–Kier alpha value is -1.55. The van der Waals surface area contributed by atoms with E-state index in [9.17, 15) is 8.42 Å². The van der Waals surface area contributed by atoms with Gasteiger partial charge in [0, 0.05) is 61.3 Å². The first kappa shape index (κ1) is 19.2. The van der Waals surface area contributed by atoms with Crippen LogP contribution in [0, 0.1) is 13.8 Å². The second-order valence-corrected chi connectivity index (χ2v) is 10.2. The Balaban J connectivity index is 1.82. The number of pyridine rings is 1. The molecular weight excluding hydrogens is 370 g/mol. The summed E-state index contributed by atoms with van der Waals surface area (Å²) >= 11 is 1.60. The van der Waals surface area contributed by atoms with Gasteiger partial charge in [-0.05, 0) is 38.8 Å². The highest BCUT2D eigenvalue weighted by Gasteiger charge is 2.31. The standard InChI is InChI=1S/C17H25N5O2S2/c1-12-8-15(20-17-18-10-13(2)25-17)9-16(19-12)14-6-5-7-22(11-14)26(23,24)21(3)4/h8-10,14H,5-7,11H2,1-4H3,(H,18,19,20)/t14-/m0/s1. The van der Waals surface area contributed by atoms with Crippen LogP contribution in [0.4, 0.5) is 10.8 Å². The molecule has 0 amide bonds. The van der Waals surface area contributed by atoms with Crippen molar-refractivity contribution in [2.75, 3.05) is 32.5 Å². The molecule has 1 N–H and O–H groups in total. The van der Waals surface area contributed by atoms with E-state index in [1.165, 1.54) is 4.31 Å². The van der Waals surface area contributed by atoms with Gasteiger partial charge < -0.3 is 5.32 Å². The Labute approximate surface area is 159 Å². The number of aryl methyl sites for hydroxylation is 2. The quantitative estimate of drug-likeness (QED) is 0.842. The summed E-state index contributed by atoms with van der Waals surface area (Å²) in [6, 6.07) is 4.00. The van der Waals surface area contributed by atoms with E-state index in [4.69, 9.17) is 0 Å². The number of hydrogen-bond donors (Lipinski definition) is 1. The topological polar surface area (TPSA) is 78.4 Å². The van der Waals surface area contributed by atoms with Gasteiger partial charge in [0.1, 0.15) is 0 Å². The lowest BCUT2D eigenvalue weighted by Gasteiger charge is -2.33. The molecule has 26 heavy (non-hydrogen) atoms. The molecular formula is C17H25N5O2S2. The lowest BCUT2D eigenvalue weighted by molar-refractivity contribution is 0.296. The summed E-state index contributed by atoms with van der Waals surface area (Å²) in [7, 11) is -0.249. The number of rotatable bonds is 5. The normalized spacial score (nSPS) is 19.0. The van der Waals surface area contributed by atoms with Crippen LogP contribution >= 0.6 is 11.3 Å². The lowest BCUT2D eigenvalue weighted by Crippen LogP contribution is -2.45. The number of aromatic nitrogens is 2. The van der Waals surface area contributed by atoms with Crippen LogP contribution < -0.4 is 5.32 Å². The second kappa shape index (κ2) is 7.59. The average molecular weight is 396 g/mol. The highest BCUT2D eigenvalue weighted by Crippen LogP contribution is 2.30. The molecule has 2 aromatic rings. The minimum Gasteiger partial charge on any atom is -0.331 e. The summed E-state index contributed by atoms with van der Waals surface area (Å²) < 4.78 is 27.7. The maximum absolute atomic E-state index is 12.5. The summed E-state index contributed by atoms with van der Waals surface area (Å²) in [5, 5.41) is 4.18. The molecule has 0 saturated carbocycles. The minimum absolute atomic E-state index is 0.0944. The van der Waals surface area contributed by atoms with Gasteiger partial charge in [-0.2, -0.15) is 17.0 Å². The fraction of sp³-hybridized carbons (Fsp3) is 0.529. The fourth-order valence-corrected chi connectivity index (χ4v) is 5.01. The van der Waals surface area contributed by atoms with Crippen molar-refractivity contribution in [1.82, 2.24) is 18.6 Å². The first-order valence-corrected chi connectivity index (χ1v) is 10.8. The molecule has 9 heteroatoms. The van der Waals surface area contributed by atoms with Crippen molar-refractivity contribution >= 4 is 32.4 Å². The minimum atomic E-state index is -3.39. The van der Waals surface area contributed by atoms with Crippen molar-refractivity contribution in [1.29, 1.82) is 0 Å². The van der Waals surface area contributed by atoms with Gasteiger partial charge in [0.05, 0.1) is 0 Å². The molecule has 7 nitrogen and oxygen atoms in total. The molecule has 1 fully saturated rings. The van der Waals surface area contributed by atoms with Crippen molar-refractivity contribution in [2.24, 2.45) is 0 Å². The van der Waals surface area contributed by atoms with Gasteiger partial charge in [0.15, 0.2) is 5.13 Å². The third-order valence-corrected chi connectivity index (χ3v) is 7.17. The van der Waals surface area contributed by atoms with Crippen molar-refractivity contribution < 1.29 is 8.42 Å². The second-order valence-electron chi connectivity index (χ2n) is 6.81. The van der Waals surface area contributed by atoms with E-state index >= 15 is 0 Å². The first-order chi connectivity index (χ1) is 12.3. The van der Waals surface area contributed by atoms with Gasteiger partial charge in [0.25, 0.3) is 10.2 Å². The van der Waals surface area contributed by atoms with Gasteiger partial charge in [-0.1, -0.05) is 0 Å². The largest absolute Gasteiger partial charge is 0.331 e. The Morgan fingerprint density at radius 3 is 2.73 bits per heavy atom. The number of hydrogen-bond acceptors (Lipinski definition) is 6. The van der Waals surface area contributed by atoms with Crippen molar-refractivity contribution in [2.45, 2.75) is 32.6 Å². The van der Waals surface area contributed by atoms with Crippen molar-refractivity contribution in [3.05, 3.63) is 34.6 Å². The molecule has 0 aliphatic carbocycles. The van der Waals surface area contributed by atoms with E-state index in [-0.39, 0.29) is 5.92 Å². The van der Waals surface area contributed by atoms with Gasteiger partial charge >= 0.3 is 0 Å². The zero-order valence-electron chi connectivity index (χ0n) is 15.6. The molecule has 1 atom stereocenters. The summed E-state index contributed by atoms with van der Waals surface area (Å²) in [5.41, 5.74) is 2.78. The van der Waals surface area contributed by atoms with Crippen LogP contribution in [0.2, 0.25) is 0 Å². The van der Waals surface area contributed by atoms with Crippen molar-refractivity contribution in [3.63, 3.8) is 0 Å². The third kappa shape index (κ3) is 4.22. The van der Waals surface area contributed by atoms with E-state index in [1.54, 1.807) is 29.7 Å². The molecule has 1 saturated heterocycles. The van der Waals surface area contributed by atoms with E-state index in [2.05, 4.69) is 15.3 Å². The average Bonchev–Trinajstić information content (AvgIpc) is 2.99. The monoisotopic (exact) mass is 395 g/mol. The van der Waals surface area contributed by atoms with E-state index in [0.717, 1.165) is 39.9 Å². The molecule has 1 aliphatic rings. The van der Waals surface area contributed by atoms with Gasteiger partial charge in [-0.25, -0.2) is 4.98 Å². The number of anilines is 2. The number of piperidine rings is 1.